The molecule has 2 unspecified atom stereocenters. The maximum absolute atomic E-state index is 12.2. The number of ether oxygens (including phenoxy) is 2. The number of ketones is 1. The van der Waals surface area contributed by atoms with Gasteiger partial charge in [0, 0.05) is 19.9 Å². The van der Waals surface area contributed by atoms with Gasteiger partial charge in [0.25, 0.3) is 0 Å². The number of carbonyl (C=O) groups is 2. The number of esters is 1. The first-order chi connectivity index (χ1) is 9.80. The molecule has 6 heteroatoms. The first-order valence-electron chi connectivity index (χ1n) is 7.35. The molecule has 0 aromatic carbocycles. The van der Waals surface area contributed by atoms with Crippen molar-refractivity contribution >= 4 is 11.8 Å². The molecule has 0 saturated carbocycles. The maximum Gasteiger partial charge on any atom is 0.317 e. The molecule has 2 aliphatic rings. The lowest BCUT2D eigenvalue weighted by atomic mass is 9.84. The van der Waals surface area contributed by atoms with Gasteiger partial charge in [-0.2, -0.15) is 0 Å². The third-order valence-electron chi connectivity index (χ3n) is 4.11. The van der Waals surface area contributed by atoms with Crippen LogP contribution in [0.3, 0.4) is 0 Å². The largest absolute Gasteiger partial charge is 0.433 e. The standard InChI is InChI=1S/C15H23NO5/c1-5-16(6-2)9-7-8-10(17)11(9)12-13(18)20-15(3,4)21-14(12)19/h7-9,11-13,18H,5-6H2,1-4H3/t9-,11+,12?,13?/m1/s1. The zero-order valence-electron chi connectivity index (χ0n) is 12.9. The van der Waals surface area contributed by atoms with E-state index >= 15 is 0 Å². The zero-order chi connectivity index (χ0) is 15.8. The lowest BCUT2D eigenvalue weighted by Crippen LogP contribution is -2.55. The van der Waals surface area contributed by atoms with Gasteiger partial charge in [-0.25, -0.2) is 0 Å². The maximum atomic E-state index is 12.2. The van der Waals surface area contributed by atoms with Crippen LogP contribution in [0.25, 0.3) is 0 Å². The molecule has 1 fully saturated rings. The Bertz CT molecular complexity index is 455. The topological polar surface area (TPSA) is 76.1 Å². The van der Waals surface area contributed by atoms with Gasteiger partial charge in [0.1, 0.15) is 5.92 Å². The number of hydrogen-bond donors (Lipinski definition) is 1. The van der Waals surface area contributed by atoms with E-state index < -0.39 is 29.9 Å². The Hall–Kier alpha value is -1.24. The summed E-state index contributed by atoms with van der Waals surface area (Å²) in [5.74, 6) is -3.59. The summed E-state index contributed by atoms with van der Waals surface area (Å²) >= 11 is 0. The summed E-state index contributed by atoms with van der Waals surface area (Å²) in [7, 11) is 0. The van der Waals surface area contributed by atoms with Crippen molar-refractivity contribution in [2.75, 3.05) is 13.1 Å². The summed E-state index contributed by atoms with van der Waals surface area (Å²) < 4.78 is 10.5. The van der Waals surface area contributed by atoms with Crippen LogP contribution in [0.4, 0.5) is 0 Å². The second kappa shape index (κ2) is 5.87. The highest BCUT2D eigenvalue weighted by Gasteiger charge is 2.52. The van der Waals surface area contributed by atoms with Crippen LogP contribution in [-0.2, 0) is 19.1 Å². The van der Waals surface area contributed by atoms with Gasteiger partial charge in [0.15, 0.2) is 12.1 Å². The smallest absolute Gasteiger partial charge is 0.317 e. The molecular weight excluding hydrogens is 274 g/mol. The van der Waals surface area contributed by atoms with Crippen LogP contribution in [-0.4, -0.2) is 53.0 Å². The van der Waals surface area contributed by atoms with Crippen molar-refractivity contribution in [2.24, 2.45) is 11.8 Å². The molecule has 0 aromatic rings. The lowest BCUT2D eigenvalue weighted by molar-refractivity contribution is -0.319. The number of allylic oxidation sites excluding steroid dienone is 1. The number of likely N-dealkylation sites (N-methyl/N-ethyl adjacent to an activating group) is 1. The monoisotopic (exact) mass is 297 g/mol. The molecule has 0 bridgehead atoms. The molecule has 1 saturated heterocycles. The SMILES string of the molecule is CCN(CC)[C@@H]1C=CC(=O)[C@H]1C1C(=O)OC(C)(C)OC1O. The van der Waals surface area contributed by atoms with Crippen molar-refractivity contribution in [1.82, 2.24) is 4.90 Å². The van der Waals surface area contributed by atoms with Crippen molar-refractivity contribution in [3.63, 3.8) is 0 Å². The van der Waals surface area contributed by atoms with E-state index in [1.165, 1.54) is 6.08 Å². The molecule has 1 aliphatic heterocycles. The zero-order valence-corrected chi connectivity index (χ0v) is 12.9. The van der Waals surface area contributed by atoms with E-state index in [9.17, 15) is 14.7 Å². The molecule has 1 heterocycles. The predicted octanol–water partition coefficient (Wildman–Crippen LogP) is 0.696. The molecule has 118 valence electrons. The fourth-order valence-corrected chi connectivity index (χ4v) is 3.11. The Morgan fingerprint density at radius 3 is 2.38 bits per heavy atom. The van der Waals surface area contributed by atoms with Crippen LogP contribution in [0, 0.1) is 11.8 Å². The Morgan fingerprint density at radius 2 is 1.86 bits per heavy atom. The van der Waals surface area contributed by atoms with Crippen LogP contribution in [0.15, 0.2) is 12.2 Å². The summed E-state index contributed by atoms with van der Waals surface area (Å²) in [5.41, 5.74) is 0. The van der Waals surface area contributed by atoms with Gasteiger partial charge in [-0.1, -0.05) is 19.9 Å². The molecule has 6 nitrogen and oxygen atoms in total. The number of rotatable bonds is 4. The Kier molecular flexibility index (Phi) is 4.51. The fraction of sp³-hybridized carbons (Fsp3) is 0.733. The molecule has 4 atom stereocenters. The third-order valence-corrected chi connectivity index (χ3v) is 4.11. The average Bonchev–Trinajstić information content (AvgIpc) is 2.72. The van der Waals surface area contributed by atoms with E-state index in [2.05, 4.69) is 4.90 Å². The van der Waals surface area contributed by atoms with E-state index in [1.807, 2.05) is 13.8 Å². The number of nitrogens with zero attached hydrogens (tertiary/aromatic N) is 1. The quantitative estimate of drug-likeness (QED) is 0.770. The van der Waals surface area contributed by atoms with Gasteiger partial charge in [-0.05, 0) is 19.2 Å². The van der Waals surface area contributed by atoms with E-state index in [-0.39, 0.29) is 11.8 Å². The molecule has 21 heavy (non-hydrogen) atoms. The summed E-state index contributed by atoms with van der Waals surface area (Å²) in [6, 6.07) is -0.218. The number of carbonyl (C=O) groups excluding carboxylic acids is 2. The molecule has 2 rings (SSSR count). The number of aliphatic hydroxyl groups excluding tert-OH is 1. The first-order valence-corrected chi connectivity index (χ1v) is 7.35. The minimum Gasteiger partial charge on any atom is -0.433 e. The highest BCUT2D eigenvalue weighted by atomic mass is 16.8. The van der Waals surface area contributed by atoms with Crippen molar-refractivity contribution in [1.29, 1.82) is 0 Å². The van der Waals surface area contributed by atoms with Crippen LogP contribution < -0.4 is 0 Å². The van der Waals surface area contributed by atoms with Gasteiger partial charge < -0.3 is 14.6 Å². The van der Waals surface area contributed by atoms with Crippen molar-refractivity contribution < 1.29 is 24.2 Å². The molecule has 0 amide bonds. The minimum atomic E-state index is -1.34. The van der Waals surface area contributed by atoms with Gasteiger partial charge >= 0.3 is 5.97 Å². The summed E-state index contributed by atoms with van der Waals surface area (Å²) in [5, 5.41) is 10.2. The second-order valence-corrected chi connectivity index (χ2v) is 5.85. The predicted molar refractivity (Wildman–Crippen MR) is 75.1 cm³/mol. The molecule has 1 N–H and O–H groups in total. The first kappa shape index (κ1) is 16.1. The van der Waals surface area contributed by atoms with Crippen LogP contribution in [0.1, 0.15) is 27.7 Å². The molecular formula is C15H23NO5. The number of hydrogen-bond acceptors (Lipinski definition) is 6. The third kappa shape index (κ3) is 3.02. The van der Waals surface area contributed by atoms with Crippen molar-refractivity contribution in [2.45, 2.75) is 45.8 Å². The fourth-order valence-electron chi connectivity index (χ4n) is 3.11. The Morgan fingerprint density at radius 1 is 1.24 bits per heavy atom. The number of aliphatic hydroxyl groups is 1. The Labute approximate surface area is 124 Å². The molecule has 1 aliphatic carbocycles. The molecule has 0 spiro atoms. The van der Waals surface area contributed by atoms with Crippen LogP contribution >= 0.6 is 0 Å². The number of cyclic esters (lactones) is 1. The summed E-state index contributed by atoms with van der Waals surface area (Å²) in [6.45, 7) is 8.60. The van der Waals surface area contributed by atoms with Crippen LogP contribution in [0.2, 0.25) is 0 Å². The highest BCUT2D eigenvalue weighted by Crippen LogP contribution is 2.36. The Balaban J connectivity index is 2.26. The van der Waals surface area contributed by atoms with Crippen LogP contribution in [0.5, 0.6) is 0 Å². The average molecular weight is 297 g/mol. The molecule has 0 aromatic heterocycles. The van der Waals surface area contributed by atoms with Gasteiger partial charge in [-0.15, -0.1) is 0 Å². The van der Waals surface area contributed by atoms with E-state index in [4.69, 9.17) is 9.47 Å². The molecule has 0 radical (unpaired) electrons. The van der Waals surface area contributed by atoms with E-state index in [0.29, 0.717) is 0 Å². The van der Waals surface area contributed by atoms with E-state index in [1.54, 1.807) is 19.9 Å². The lowest BCUT2D eigenvalue weighted by Gasteiger charge is -2.41. The van der Waals surface area contributed by atoms with E-state index in [0.717, 1.165) is 13.1 Å². The highest BCUT2D eigenvalue weighted by molar-refractivity contribution is 5.98. The van der Waals surface area contributed by atoms with Gasteiger partial charge in [0.2, 0.25) is 5.79 Å². The summed E-state index contributed by atoms with van der Waals surface area (Å²) in [6.07, 6.45) is 1.93. The minimum absolute atomic E-state index is 0.170. The van der Waals surface area contributed by atoms with Gasteiger partial charge in [-0.3, -0.25) is 14.5 Å². The van der Waals surface area contributed by atoms with Crippen molar-refractivity contribution in [3.05, 3.63) is 12.2 Å². The van der Waals surface area contributed by atoms with Crippen molar-refractivity contribution in [3.8, 4) is 0 Å². The summed E-state index contributed by atoms with van der Waals surface area (Å²) in [4.78, 5) is 26.5. The normalized spacial score (nSPS) is 35.3. The second-order valence-electron chi connectivity index (χ2n) is 5.85. The van der Waals surface area contributed by atoms with Gasteiger partial charge in [0.05, 0.1) is 5.92 Å².